The molecule has 0 saturated carbocycles. The summed E-state index contributed by atoms with van der Waals surface area (Å²) >= 11 is 0. The van der Waals surface area contributed by atoms with Crippen LogP contribution in [0.2, 0.25) is 0 Å². The van der Waals surface area contributed by atoms with Crippen LogP contribution >= 0.6 is 0 Å². The number of imide groups is 1. The highest BCUT2D eigenvalue weighted by Crippen LogP contribution is 2.31. The highest BCUT2D eigenvalue weighted by Gasteiger charge is 2.31. The van der Waals surface area contributed by atoms with Crippen molar-refractivity contribution in [1.29, 1.82) is 0 Å². The van der Waals surface area contributed by atoms with Gasteiger partial charge in [0.15, 0.2) is 0 Å². The average molecular weight is 786 g/mol. The van der Waals surface area contributed by atoms with Crippen molar-refractivity contribution in [2.75, 3.05) is 56.1 Å². The molecule has 3 saturated heterocycles. The summed E-state index contributed by atoms with van der Waals surface area (Å²) in [6.45, 7) is 5.61. The molecular weight excluding hydrogens is 739 g/mol. The maximum absolute atomic E-state index is 12.9. The number of amides is 3. The minimum atomic E-state index is -4.75. The molecule has 0 bridgehead atoms. The Morgan fingerprint density at radius 2 is 1.54 bits per heavy atom. The fourth-order valence-electron chi connectivity index (χ4n) is 7.73. The van der Waals surface area contributed by atoms with Crippen molar-refractivity contribution in [2.45, 2.75) is 50.8 Å². The highest BCUT2D eigenvalue weighted by molar-refractivity contribution is 6.01. The molecule has 12 nitrogen and oxygen atoms in total. The van der Waals surface area contributed by atoms with Gasteiger partial charge in [-0.15, -0.1) is 13.2 Å². The summed E-state index contributed by atoms with van der Waals surface area (Å²) < 4.78 is 47.1. The molecule has 3 N–H and O–H groups in total. The van der Waals surface area contributed by atoms with Crippen molar-refractivity contribution >= 4 is 34.9 Å². The topological polar surface area (TPSA) is 138 Å². The van der Waals surface area contributed by atoms with E-state index >= 15 is 0 Å². The third kappa shape index (κ3) is 11.0. The van der Waals surface area contributed by atoms with Gasteiger partial charge in [0.05, 0.1) is 18.2 Å². The number of benzene rings is 3. The molecule has 0 radical (unpaired) electrons. The number of halogens is 3. The Balaban J connectivity index is 0.772. The van der Waals surface area contributed by atoms with Gasteiger partial charge in [0.1, 0.15) is 30.3 Å². The smallest absolute Gasteiger partial charge is 0.492 e. The van der Waals surface area contributed by atoms with Gasteiger partial charge in [-0.2, -0.15) is 0 Å². The van der Waals surface area contributed by atoms with Gasteiger partial charge >= 0.3 is 6.36 Å². The van der Waals surface area contributed by atoms with Crippen molar-refractivity contribution in [3.63, 3.8) is 0 Å². The fraction of sp³-hybridized carbons (Fsp3) is 0.405. The lowest BCUT2D eigenvalue weighted by molar-refractivity contribution is -0.274. The lowest BCUT2D eigenvalue weighted by Crippen LogP contribution is -2.44. The molecule has 4 heterocycles. The molecule has 1 atom stereocenters. The Bertz CT molecular complexity index is 1980. The van der Waals surface area contributed by atoms with Crippen LogP contribution in [0.1, 0.15) is 50.0 Å². The van der Waals surface area contributed by atoms with Gasteiger partial charge in [-0.1, -0.05) is 12.1 Å². The molecule has 1 unspecified atom stereocenters. The number of piperidine rings is 3. The third-order valence-electron chi connectivity index (χ3n) is 10.8. The zero-order valence-corrected chi connectivity index (χ0v) is 31.5. The average Bonchev–Trinajstić information content (AvgIpc) is 3.21. The number of likely N-dealkylation sites (tertiary alicyclic amines) is 1. The number of nitrogens with zero attached hydrogens (tertiary/aromatic N) is 4. The van der Waals surface area contributed by atoms with Crippen molar-refractivity contribution < 1.29 is 37.0 Å². The molecule has 300 valence electrons. The Morgan fingerprint density at radius 1 is 0.842 bits per heavy atom. The number of aromatic nitrogens is 2. The summed E-state index contributed by atoms with van der Waals surface area (Å²) in [5.41, 5.74) is 4.13. The minimum absolute atomic E-state index is 0.000495. The second-order valence-electron chi connectivity index (χ2n) is 14.8. The normalized spacial score (nSPS) is 18.5. The quantitative estimate of drug-likeness (QED) is 0.103. The van der Waals surface area contributed by atoms with Crippen LogP contribution in [0.3, 0.4) is 0 Å². The zero-order valence-electron chi connectivity index (χ0n) is 31.5. The predicted octanol–water partition coefficient (Wildman–Crippen LogP) is 6.43. The van der Waals surface area contributed by atoms with E-state index in [0.29, 0.717) is 54.9 Å². The monoisotopic (exact) mass is 785 g/mol. The molecule has 0 aliphatic carbocycles. The Kier molecular flexibility index (Phi) is 12.5. The third-order valence-corrected chi connectivity index (χ3v) is 10.8. The highest BCUT2D eigenvalue weighted by atomic mass is 19.4. The molecule has 57 heavy (non-hydrogen) atoms. The second kappa shape index (κ2) is 18.0. The largest absolute Gasteiger partial charge is 0.573 e. The van der Waals surface area contributed by atoms with Gasteiger partial charge in [-0.3, -0.25) is 19.7 Å². The summed E-state index contributed by atoms with van der Waals surface area (Å²) in [6.07, 6.45) is 1.50. The van der Waals surface area contributed by atoms with Crippen LogP contribution in [-0.4, -0.2) is 84.8 Å². The molecule has 0 spiro atoms. The Labute approximate surface area is 329 Å². The number of carbonyl (C=O) groups excluding carboxylic acids is 3. The number of carbonyl (C=O) groups is 3. The second-order valence-corrected chi connectivity index (χ2v) is 14.8. The van der Waals surface area contributed by atoms with E-state index < -0.39 is 6.36 Å². The number of anilines is 3. The molecule has 3 fully saturated rings. The van der Waals surface area contributed by atoms with E-state index in [0.717, 1.165) is 69.5 Å². The van der Waals surface area contributed by atoms with E-state index in [2.05, 4.69) is 52.6 Å². The van der Waals surface area contributed by atoms with Gasteiger partial charge < -0.3 is 29.9 Å². The molecular formula is C42H46F3N7O5. The molecule has 15 heteroatoms. The SMILES string of the molecule is O=C1CCC(c2ccc(N3CCC(CN4CCC(C(=O)NCCOc5ccc(-c6cc(Nc7ccc(OC(F)(F)F)cc7)ncn6)cc5)CC4)CC3)cc2)C(=O)N1. The number of ether oxygens (including phenoxy) is 2. The summed E-state index contributed by atoms with van der Waals surface area (Å²) in [7, 11) is 0. The summed E-state index contributed by atoms with van der Waals surface area (Å²) in [6, 6.07) is 22.7. The summed E-state index contributed by atoms with van der Waals surface area (Å²) in [5, 5.41) is 8.54. The van der Waals surface area contributed by atoms with E-state index in [-0.39, 0.29) is 35.3 Å². The van der Waals surface area contributed by atoms with E-state index in [1.54, 1.807) is 6.07 Å². The molecule has 3 aliphatic heterocycles. The summed E-state index contributed by atoms with van der Waals surface area (Å²) in [4.78, 5) is 50.1. The van der Waals surface area contributed by atoms with Crippen LogP contribution in [0.5, 0.6) is 11.5 Å². The minimum Gasteiger partial charge on any atom is -0.492 e. The van der Waals surface area contributed by atoms with Crippen molar-refractivity contribution in [3.05, 3.63) is 90.8 Å². The van der Waals surface area contributed by atoms with Gasteiger partial charge in [0.2, 0.25) is 17.7 Å². The van der Waals surface area contributed by atoms with Crippen LogP contribution in [0, 0.1) is 11.8 Å². The Morgan fingerprint density at radius 3 is 2.23 bits per heavy atom. The van der Waals surface area contributed by atoms with E-state index in [9.17, 15) is 27.6 Å². The van der Waals surface area contributed by atoms with Crippen LogP contribution in [0.15, 0.2) is 85.2 Å². The fourth-order valence-corrected chi connectivity index (χ4v) is 7.73. The first-order valence-electron chi connectivity index (χ1n) is 19.4. The maximum atomic E-state index is 12.9. The maximum Gasteiger partial charge on any atom is 0.573 e. The lowest BCUT2D eigenvalue weighted by atomic mass is 9.90. The molecule has 3 aliphatic rings. The van der Waals surface area contributed by atoms with E-state index in [1.807, 2.05) is 36.4 Å². The predicted molar refractivity (Wildman–Crippen MR) is 208 cm³/mol. The van der Waals surface area contributed by atoms with Crippen LogP contribution in [-0.2, 0) is 14.4 Å². The first-order valence-corrected chi connectivity index (χ1v) is 19.4. The van der Waals surface area contributed by atoms with Crippen molar-refractivity contribution in [1.82, 2.24) is 25.5 Å². The zero-order chi connectivity index (χ0) is 39.8. The van der Waals surface area contributed by atoms with Gasteiger partial charge in [0, 0.05) is 55.0 Å². The van der Waals surface area contributed by atoms with Crippen molar-refractivity contribution in [2.24, 2.45) is 11.8 Å². The first-order chi connectivity index (χ1) is 27.5. The number of hydrogen-bond donors (Lipinski definition) is 3. The van der Waals surface area contributed by atoms with E-state index in [1.165, 1.54) is 36.3 Å². The van der Waals surface area contributed by atoms with Gasteiger partial charge in [-0.25, -0.2) is 9.97 Å². The molecule has 1 aromatic heterocycles. The van der Waals surface area contributed by atoms with Crippen molar-refractivity contribution in [3.8, 4) is 22.8 Å². The lowest BCUT2D eigenvalue weighted by Gasteiger charge is -2.38. The van der Waals surface area contributed by atoms with Crippen LogP contribution in [0.25, 0.3) is 11.3 Å². The number of rotatable bonds is 13. The number of nitrogens with one attached hydrogen (secondary N) is 3. The standard InChI is InChI=1S/C42H46F3N7O5/c43-42(44,45)57-35-11-5-32(6-12-35)49-38-25-37(47-27-48-38)30-3-9-34(10-4-30)56-24-19-46-40(54)31-17-20-51(21-18-31)26-28-15-22-52(23-16-28)33-7-1-29(2-8-33)36-13-14-39(53)50-41(36)55/h1-12,25,27-28,31,36H,13-24,26H2,(H,46,54)(H,47,48,49)(H,50,53,55). The van der Waals surface area contributed by atoms with E-state index in [4.69, 9.17) is 4.74 Å². The number of hydrogen-bond acceptors (Lipinski definition) is 10. The first kappa shape index (κ1) is 39.5. The Hall–Kier alpha value is -5.70. The molecule has 3 aromatic carbocycles. The van der Waals surface area contributed by atoms with Gasteiger partial charge in [0.25, 0.3) is 0 Å². The van der Waals surface area contributed by atoms with Crippen LogP contribution in [0.4, 0.5) is 30.4 Å². The molecule has 7 rings (SSSR count). The molecule has 4 aromatic rings. The molecule has 3 amide bonds. The number of alkyl halides is 3. The van der Waals surface area contributed by atoms with Gasteiger partial charge in [-0.05, 0) is 117 Å². The van der Waals surface area contributed by atoms with Crippen LogP contribution < -0.4 is 30.3 Å². The summed E-state index contributed by atoms with van der Waals surface area (Å²) in [5.74, 6) is 0.850.